The van der Waals surface area contributed by atoms with Gasteiger partial charge in [-0.15, -0.1) is 11.8 Å². The van der Waals surface area contributed by atoms with Crippen LogP contribution in [0.25, 0.3) is 21.8 Å². The zero-order valence-electron chi connectivity index (χ0n) is 15.4. The van der Waals surface area contributed by atoms with Crippen LogP contribution >= 0.6 is 11.8 Å². The normalized spacial score (nSPS) is 15.7. The van der Waals surface area contributed by atoms with Gasteiger partial charge in [0.15, 0.2) is 0 Å². The van der Waals surface area contributed by atoms with Gasteiger partial charge in [-0.3, -0.25) is 0 Å². The highest BCUT2D eigenvalue weighted by Gasteiger charge is 2.43. The first-order chi connectivity index (χ1) is 13.9. The van der Waals surface area contributed by atoms with Gasteiger partial charge in [-0.2, -0.15) is 0 Å². The Morgan fingerprint density at radius 3 is 1.89 bits per heavy atom. The van der Waals surface area contributed by atoms with Crippen LogP contribution in [-0.2, 0) is 5.41 Å². The summed E-state index contributed by atoms with van der Waals surface area (Å²) in [6.45, 7) is 0. The fourth-order valence-corrected chi connectivity index (χ4v) is 6.15. The maximum absolute atomic E-state index is 3.53. The topological polar surface area (TPSA) is 31.6 Å². The monoisotopic (exact) mass is 380 g/mol. The molecule has 2 N–H and O–H groups in total. The number of hydrogen-bond acceptors (Lipinski definition) is 1. The molecule has 3 heterocycles. The predicted octanol–water partition coefficient (Wildman–Crippen LogP) is 6.48. The van der Waals surface area contributed by atoms with E-state index in [9.17, 15) is 0 Å². The summed E-state index contributed by atoms with van der Waals surface area (Å²) in [4.78, 5) is 8.46. The van der Waals surface area contributed by atoms with Gasteiger partial charge in [-0.1, -0.05) is 54.6 Å². The number of aromatic amines is 2. The van der Waals surface area contributed by atoms with Gasteiger partial charge >= 0.3 is 0 Å². The number of nitrogens with one attached hydrogen (secondary N) is 2. The predicted molar refractivity (Wildman–Crippen MR) is 118 cm³/mol. The van der Waals surface area contributed by atoms with E-state index < -0.39 is 0 Å². The molecule has 3 aromatic carbocycles. The van der Waals surface area contributed by atoms with Crippen molar-refractivity contribution in [3.8, 4) is 0 Å². The molecular weight excluding hydrogens is 360 g/mol. The van der Waals surface area contributed by atoms with Crippen LogP contribution in [0.5, 0.6) is 0 Å². The van der Waals surface area contributed by atoms with E-state index >= 15 is 0 Å². The molecule has 0 saturated carbocycles. The Balaban J connectivity index is 1.77. The fraction of sp³-hybridized carbons (Fsp3) is 0.120. The molecule has 0 radical (unpaired) electrons. The number of para-hydroxylation sites is 2. The molecule has 0 fully saturated rings. The molecule has 28 heavy (non-hydrogen) atoms. The smallest absolute Gasteiger partial charge is 0.0512 e. The molecule has 2 aromatic heterocycles. The first kappa shape index (κ1) is 16.1. The SMILES string of the molecule is c1ccc2c(c1)SCCC2(c1c[nH]c2ccccc12)c1c[nH]c2ccccc12. The highest BCUT2D eigenvalue weighted by molar-refractivity contribution is 7.99. The maximum atomic E-state index is 3.53. The third-order valence-corrected chi connectivity index (χ3v) is 7.25. The summed E-state index contributed by atoms with van der Waals surface area (Å²) in [5.74, 6) is 1.11. The average Bonchev–Trinajstić information content (AvgIpc) is 3.38. The Morgan fingerprint density at radius 1 is 0.643 bits per heavy atom. The van der Waals surface area contributed by atoms with Crippen LogP contribution in [0.1, 0.15) is 23.1 Å². The van der Waals surface area contributed by atoms with Gasteiger partial charge in [0.1, 0.15) is 0 Å². The number of hydrogen-bond donors (Lipinski definition) is 2. The van der Waals surface area contributed by atoms with Crippen LogP contribution < -0.4 is 0 Å². The Bertz CT molecular complexity index is 1240. The van der Waals surface area contributed by atoms with Crippen molar-refractivity contribution in [1.29, 1.82) is 0 Å². The third-order valence-electron chi connectivity index (χ3n) is 6.18. The lowest BCUT2D eigenvalue weighted by Crippen LogP contribution is -2.32. The molecule has 0 amide bonds. The van der Waals surface area contributed by atoms with Crippen molar-refractivity contribution in [3.63, 3.8) is 0 Å². The molecule has 6 rings (SSSR count). The molecule has 2 nitrogen and oxygen atoms in total. The number of H-pyrrole nitrogens is 2. The van der Waals surface area contributed by atoms with Gasteiger partial charge in [-0.25, -0.2) is 0 Å². The lowest BCUT2D eigenvalue weighted by atomic mass is 9.67. The summed E-state index contributed by atoms with van der Waals surface area (Å²) in [7, 11) is 0. The second-order valence-corrected chi connectivity index (χ2v) is 8.63. The van der Waals surface area contributed by atoms with E-state index in [0.29, 0.717) is 0 Å². The summed E-state index contributed by atoms with van der Waals surface area (Å²) in [6, 6.07) is 26.3. The van der Waals surface area contributed by atoms with Gasteiger partial charge in [0.2, 0.25) is 0 Å². The lowest BCUT2D eigenvalue weighted by molar-refractivity contribution is 0.588. The third kappa shape index (κ3) is 2.11. The van der Waals surface area contributed by atoms with Crippen LogP contribution in [0.2, 0.25) is 0 Å². The lowest BCUT2D eigenvalue weighted by Gasteiger charge is -2.39. The molecule has 0 unspecified atom stereocenters. The zero-order chi connectivity index (χ0) is 18.6. The molecule has 0 saturated heterocycles. The van der Waals surface area contributed by atoms with Crippen molar-refractivity contribution in [3.05, 3.63) is 102 Å². The van der Waals surface area contributed by atoms with Crippen molar-refractivity contribution in [2.24, 2.45) is 0 Å². The van der Waals surface area contributed by atoms with E-state index in [2.05, 4.69) is 95.2 Å². The van der Waals surface area contributed by atoms with Crippen molar-refractivity contribution in [2.75, 3.05) is 5.75 Å². The van der Waals surface area contributed by atoms with Crippen molar-refractivity contribution >= 4 is 33.6 Å². The van der Waals surface area contributed by atoms with Crippen LogP contribution in [-0.4, -0.2) is 15.7 Å². The molecule has 0 spiro atoms. The first-order valence-corrected chi connectivity index (χ1v) is 10.7. The average molecular weight is 381 g/mol. The largest absolute Gasteiger partial charge is 0.361 e. The van der Waals surface area contributed by atoms with Gasteiger partial charge in [0.25, 0.3) is 0 Å². The van der Waals surface area contributed by atoms with E-state index in [1.165, 1.54) is 43.4 Å². The van der Waals surface area contributed by atoms with Crippen molar-refractivity contribution in [1.82, 2.24) is 9.97 Å². The first-order valence-electron chi connectivity index (χ1n) is 9.73. The highest BCUT2D eigenvalue weighted by Crippen LogP contribution is 2.53. The summed E-state index contributed by atoms with van der Waals surface area (Å²) in [6.07, 6.45) is 5.55. The maximum Gasteiger partial charge on any atom is 0.0512 e. The van der Waals surface area contributed by atoms with E-state index in [1.54, 1.807) is 0 Å². The molecular formula is C25H20N2S. The molecule has 1 aliphatic rings. The second kappa shape index (κ2) is 6.05. The van der Waals surface area contributed by atoms with E-state index in [0.717, 1.165) is 12.2 Å². The van der Waals surface area contributed by atoms with E-state index in [1.807, 2.05) is 11.8 Å². The van der Waals surface area contributed by atoms with Crippen LogP contribution in [0.3, 0.4) is 0 Å². The van der Waals surface area contributed by atoms with E-state index in [4.69, 9.17) is 0 Å². The number of fused-ring (bicyclic) bond motifs is 3. The Kier molecular flexibility index (Phi) is 3.47. The van der Waals surface area contributed by atoms with Crippen LogP contribution in [0.4, 0.5) is 0 Å². The summed E-state index contributed by atoms with van der Waals surface area (Å²) in [5, 5.41) is 2.63. The molecule has 3 heteroatoms. The number of benzene rings is 3. The molecule has 5 aromatic rings. The summed E-state index contributed by atoms with van der Waals surface area (Å²) in [5.41, 5.74) is 6.41. The quantitative estimate of drug-likeness (QED) is 0.361. The summed E-state index contributed by atoms with van der Waals surface area (Å²) >= 11 is 1.98. The van der Waals surface area contributed by atoms with Crippen molar-refractivity contribution in [2.45, 2.75) is 16.7 Å². The van der Waals surface area contributed by atoms with E-state index in [-0.39, 0.29) is 5.41 Å². The van der Waals surface area contributed by atoms with Gasteiger partial charge in [0, 0.05) is 39.1 Å². The fourth-order valence-electron chi connectivity index (χ4n) is 4.95. The highest BCUT2D eigenvalue weighted by atomic mass is 32.2. The Hall–Kier alpha value is -2.91. The van der Waals surface area contributed by atoms with Gasteiger partial charge < -0.3 is 9.97 Å². The van der Waals surface area contributed by atoms with Gasteiger partial charge in [0.05, 0.1) is 5.41 Å². The Labute approximate surface area is 168 Å². The second-order valence-electron chi connectivity index (χ2n) is 7.50. The number of aromatic nitrogens is 2. The molecule has 0 aliphatic carbocycles. The molecule has 0 bridgehead atoms. The minimum atomic E-state index is -0.166. The minimum Gasteiger partial charge on any atom is -0.361 e. The van der Waals surface area contributed by atoms with Crippen LogP contribution in [0.15, 0.2) is 90.1 Å². The summed E-state index contributed by atoms with van der Waals surface area (Å²) < 4.78 is 0. The number of thioether (sulfide) groups is 1. The van der Waals surface area contributed by atoms with Gasteiger partial charge in [-0.05, 0) is 47.1 Å². The van der Waals surface area contributed by atoms with Crippen LogP contribution in [0, 0.1) is 0 Å². The molecule has 136 valence electrons. The Morgan fingerprint density at radius 2 is 1.21 bits per heavy atom. The standard InChI is InChI=1S/C25H20N2S/c1-4-10-22-17(7-1)20(15-26-22)25(13-14-28-24-12-6-3-9-19(24)25)21-16-27-23-11-5-2-8-18(21)23/h1-12,15-16,26-27H,13-14H2. The molecule has 0 atom stereocenters. The molecule has 1 aliphatic heterocycles. The number of rotatable bonds is 2. The van der Waals surface area contributed by atoms with Crippen molar-refractivity contribution < 1.29 is 0 Å². The zero-order valence-corrected chi connectivity index (χ0v) is 16.2. The minimum absolute atomic E-state index is 0.166.